The van der Waals surface area contributed by atoms with Crippen LogP contribution in [-0.4, -0.2) is 35.5 Å². The highest BCUT2D eigenvalue weighted by molar-refractivity contribution is 7.99. The maximum Gasteiger partial charge on any atom is 0.317 e. The van der Waals surface area contributed by atoms with E-state index in [9.17, 15) is 9.18 Å². The first kappa shape index (κ1) is 12.8. The fourth-order valence-electron chi connectivity index (χ4n) is 2.77. The van der Waals surface area contributed by atoms with Crippen molar-refractivity contribution in [1.29, 1.82) is 0 Å². The van der Waals surface area contributed by atoms with Crippen molar-refractivity contribution < 1.29 is 9.18 Å². The first-order valence-corrected chi connectivity index (χ1v) is 7.81. The third kappa shape index (κ3) is 2.56. The molecule has 0 radical (unpaired) electrons. The van der Waals surface area contributed by atoms with Crippen LogP contribution < -0.4 is 5.32 Å². The summed E-state index contributed by atoms with van der Waals surface area (Å²) in [5.41, 5.74) is 1.71. The van der Waals surface area contributed by atoms with Crippen molar-refractivity contribution in [2.75, 3.05) is 24.6 Å². The van der Waals surface area contributed by atoms with E-state index in [1.54, 1.807) is 6.07 Å². The SMILES string of the molecule is O=C(NC1CCc2c(F)cccc21)N1CCSCC1. The number of carbonyl (C=O) groups is 1. The van der Waals surface area contributed by atoms with Gasteiger partial charge >= 0.3 is 6.03 Å². The average molecular weight is 280 g/mol. The van der Waals surface area contributed by atoms with Gasteiger partial charge in [-0.1, -0.05) is 12.1 Å². The summed E-state index contributed by atoms with van der Waals surface area (Å²) < 4.78 is 13.6. The Morgan fingerprint density at radius 2 is 2.16 bits per heavy atom. The van der Waals surface area contributed by atoms with Gasteiger partial charge in [-0.25, -0.2) is 9.18 Å². The highest BCUT2D eigenvalue weighted by Crippen LogP contribution is 2.32. The number of halogens is 1. The monoisotopic (exact) mass is 280 g/mol. The van der Waals surface area contributed by atoms with Crippen molar-refractivity contribution in [3.05, 3.63) is 35.1 Å². The van der Waals surface area contributed by atoms with Gasteiger partial charge in [0.15, 0.2) is 0 Å². The Kier molecular flexibility index (Phi) is 3.64. The van der Waals surface area contributed by atoms with Crippen LogP contribution in [0.25, 0.3) is 0 Å². The second-order valence-electron chi connectivity index (χ2n) is 4.95. The van der Waals surface area contributed by atoms with Crippen LogP contribution in [0.1, 0.15) is 23.6 Å². The molecule has 0 saturated carbocycles. The summed E-state index contributed by atoms with van der Waals surface area (Å²) in [5.74, 6) is 1.86. The zero-order valence-electron chi connectivity index (χ0n) is 10.7. The van der Waals surface area contributed by atoms with E-state index in [4.69, 9.17) is 0 Å². The molecule has 3 rings (SSSR count). The van der Waals surface area contributed by atoms with Gasteiger partial charge in [0.25, 0.3) is 0 Å². The van der Waals surface area contributed by atoms with Crippen molar-refractivity contribution in [3.63, 3.8) is 0 Å². The van der Waals surface area contributed by atoms with E-state index in [1.165, 1.54) is 6.07 Å². The fraction of sp³-hybridized carbons (Fsp3) is 0.500. The number of thioether (sulfide) groups is 1. The van der Waals surface area contributed by atoms with Gasteiger partial charge in [-0.15, -0.1) is 0 Å². The Morgan fingerprint density at radius 1 is 1.37 bits per heavy atom. The Morgan fingerprint density at radius 3 is 2.95 bits per heavy atom. The van der Waals surface area contributed by atoms with Crippen molar-refractivity contribution in [1.82, 2.24) is 10.2 Å². The van der Waals surface area contributed by atoms with Crippen LogP contribution in [-0.2, 0) is 6.42 Å². The summed E-state index contributed by atoms with van der Waals surface area (Å²) in [6, 6.07) is 5.08. The van der Waals surface area contributed by atoms with Crippen molar-refractivity contribution in [3.8, 4) is 0 Å². The summed E-state index contributed by atoms with van der Waals surface area (Å²) in [6.45, 7) is 1.61. The van der Waals surface area contributed by atoms with Crippen LogP contribution in [0, 0.1) is 5.82 Å². The fourth-order valence-corrected chi connectivity index (χ4v) is 3.67. The van der Waals surface area contributed by atoms with E-state index in [2.05, 4.69) is 5.32 Å². The molecule has 102 valence electrons. The number of urea groups is 1. The lowest BCUT2D eigenvalue weighted by molar-refractivity contribution is 0.199. The third-order valence-corrected chi connectivity index (χ3v) is 4.75. The van der Waals surface area contributed by atoms with Gasteiger partial charge in [0.1, 0.15) is 5.82 Å². The summed E-state index contributed by atoms with van der Waals surface area (Å²) in [4.78, 5) is 14.0. The molecule has 1 N–H and O–H groups in total. The lowest BCUT2D eigenvalue weighted by Crippen LogP contribution is -2.45. The average Bonchev–Trinajstić information content (AvgIpc) is 2.84. The minimum Gasteiger partial charge on any atom is -0.331 e. The molecule has 1 saturated heterocycles. The second kappa shape index (κ2) is 5.41. The molecular weight excluding hydrogens is 263 g/mol. The largest absolute Gasteiger partial charge is 0.331 e. The van der Waals surface area contributed by atoms with E-state index < -0.39 is 0 Å². The molecule has 1 fully saturated rings. The quantitative estimate of drug-likeness (QED) is 0.857. The van der Waals surface area contributed by atoms with Gasteiger partial charge in [0.05, 0.1) is 6.04 Å². The van der Waals surface area contributed by atoms with E-state index in [1.807, 2.05) is 22.7 Å². The predicted molar refractivity (Wildman–Crippen MR) is 74.9 cm³/mol. The maximum absolute atomic E-state index is 13.6. The molecule has 2 aliphatic rings. The minimum atomic E-state index is -0.149. The van der Waals surface area contributed by atoms with Crippen LogP contribution >= 0.6 is 11.8 Å². The topological polar surface area (TPSA) is 32.3 Å². The Labute approximate surface area is 116 Å². The summed E-state index contributed by atoms with van der Waals surface area (Å²) >= 11 is 1.88. The lowest BCUT2D eigenvalue weighted by atomic mass is 10.1. The van der Waals surface area contributed by atoms with Gasteiger partial charge in [0, 0.05) is 24.6 Å². The van der Waals surface area contributed by atoms with Gasteiger partial charge in [0.2, 0.25) is 0 Å². The molecular formula is C14H17FN2OS. The molecule has 19 heavy (non-hydrogen) atoms. The Balaban J connectivity index is 1.69. The number of benzene rings is 1. The molecule has 1 aliphatic carbocycles. The number of nitrogens with one attached hydrogen (secondary N) is 1. The highest BCUT2D eigenvalue weighted by atomic mass is 32.2. The molecule has 0 bridgehead atoms. The number of rotatable bonds is 1. The summed E-state index contributed by atoms with van der Waals surface area (Å²) in [6.07, 6.45) is 1.51. The lowest BCUT2D eigenvalue weighted by Gasteiger charge is -2.28. The van der Waals surface area contributed by atoms with Crippen LogP contribution in [0.5, 0.6) is 0 Å². The van der Waals surface area contributed by atoms with Crippen LogP contribution in [0.15, 0.2) is 18.2 Å². The highest BCUT2D eigenvalue weighted by Gasteiger charge is 2.27. The van der Waals surface area contributed by atoms with E-state index in [0.717, 1.165) is 42.1 Å². The van der Waals surface area contributed by atoms with Crippen LogP contribution in [0.3, 0.4) is 0 Å². The zero-order valence-corrected chi connectivity index (χ0v) is 11.5. The number of fused-ring (bicyclic) bond motifs is 1. The van der Waals surface area contributed by atoms with Crippen LogP contribution in [0.2, 0.25) is 0 Å². The number of nitrogens with zero attached hydrogens (tertiary/aromatic N) is 1. The van der Waals surface area contributed by atoms with Crippen LogP contribution in [0.4, 0.5) is 9.18 Å². The molecule has 0 aromatic heterocycles. The molecule has 0 spiro atoms. The third-order valence-electron chi connectivity index (χ3n) is 3.81. The molecule has 1 unspecified atom stereocenters. The number of carbonyl (C=O) groups excluding carboxylic acids is 1. The minimum absolute atomic E-state index is 0.0117. The van der Waals surface area contributed by atoms with Gasteiger partial charge < -0.3 is 10.2 Å². The maximum atomic E-state index is 13.6. The predicted octanol–water partition coefficient (Wildman–Crippen LogP) is 2.57. The number of hydrogen-bond donors (Lipinski definition) is 1. The van der Waals surface area contributed by atoms with Gasteiger partial charge in [-0.05, 0) is 30.0 Å². The standard InChI is InChI=1S/C14H17FN2OS/c15-12-3-1-2-11-10(12)4-5-13(11)16-14(18)17-6-8-19-9-7-17/h1-3,13H,4-9H2,(H,16,18). The molecule has 1 atom stereocenters. The molecule has 2 amide bonds. The first-order chi connectivity index (χ1) is 9.25. The molecule has 1 aromatic carbocycles. The summed E-state index contributed by atoms with van der Waals surface area (Å²) in [5, 5.41) is 3.04. The second-order valence-corrected chi connectivity index (χ2v) is 6.17. The Hall–Kier alpha value is -1.23. The molecule has 1 aliphatic heterocycles. The van der Waals surface area contributed by atoms with Crippen molar-refractivity contribution in [2.45, 2.75) is 18.9 Å². The van der Waals surface area contributed by atoms with E-state index in [-0.39, 0.29) is 17.9 Å². The zero-order chi connectivity index (χ0) is 13.2. The van der Waals surface area contributed by atoms with E-state index in [0.29, 0.717) is 6.42 Å². The number of hydrogen-bond acceptors (Lipinski definition) is 2. The van der Waals surface area contributed by atoms with Crippen molar-refractivity contribution >= 4 is 17.8 Å². The number of amides is 2. The van der Waals surface area contributed by atoms with E-state index >= 15 is 0 Å². The normalized spacial score (nSPS) is 22.2. The van der Waals surface area contributed by atoms with Crippen molar-refractivity contribution in [2.24, 2.45) is 0 Å². The summed E-state index contributed by atoms with van der Waals surface area (Å²) in [7, 11) is 0. The molecule has 3 nitrogen and oxygen atoms in total. The Bertz CT molecular complexity index is 488. The van der Waals surface area contributed by atoms with Gasteiger partial charge in [-0.2, -0.15) is 11.8 Å². The van der Waals surface area contributed by atoms with Gasteiger partial charge in [-0.3, -0.25) is 0 Å². The first-order valence-electron chi connectivity index (χ1n) is 6.66. The molecule has 5 heteroatoms. The molecule has 1 aromatic rings. The smallest absolute Gasteiger partial charge is 0.317 e. The molecule has 1 heterocycles.